The molecule has 0 aliphatic carbocycles. The van der Waals surface area contributed by atoms with Crippen LogP contribution in [-0.2, 0) is 10.0 Å². The number of fused-ring (bicyclic) bond motifs is 1. The number of hydrogen-bond donors (Lipinski definition) is 3. The van der Waals surface area contributed by atoms with Gasteiger partial charge in [0.15, 0.2) is 0 Å². The van der Waals surface area contributed by atoms with Crippen molar-refractivity contribution in [1.29, 1.82) is 0 Å². The van der Waals surface area contributed by atoms with Gasteiger partial charge in [-0.05, 0) is 23.8 Å². The summed E-state index contributed by atoms with van der Waals surface area (Å²) in [5.41, 5.74) is 4.46. The number of para-hydroxylation sites is 1. The van der Waals surface area contributed by atoms with E-state index in [2.05, 4.69) is 37.2 Å². The molecule has 2 aromatic carbocycles. The van der Waals surface area contributed by atoms with Crippen molar-refractivity contribution in [3.8, 4) is 11.3 Å². The number of hydrogen-bond acceptors (Lipinski definition) is 7. The molecule has 0 radical (unpaired) electrons. The number of pyridine rings is 1. The van der Waals surface area contributed by atoms with Gasteiger partial charge in [-0.3, -0.25) is 14.5 Å². The number of carbonyl (C=O) groups is 1. The van der Waals surface area contributed by atoms with Gasteiger partial charge >= 0.3 is 0 Å². The molecule has 1 atom stereocenters. The Bertz CT molecular complexity index is 1470. The third kappa shape index (κ3) is 5.72. The average Bonchev–Trinajstić information content (AvgIpc) is 2.85. The van der Waals surface area contributed by atoms with Crippen LogP contribution < -0.4 is 15.4 Å². The Balaban J connectivity index is 1.50. The monoisotopic (exact) mass is 490 g/mol. The number of nitrogens with zero attached hydrogens (tertiary/aromatic N) is 3. The van der Waals surface area contributed by atoms with Gasteiger partial charge in [0.25, 0.3) is 5.91 Å². The lowest BCUT2D eigenvalue weighted by molar-refractivity contribution is 0.0964. The molecule has 3 N–H and O–H groups in total. The third-order valence-corrected chi connectivity index (χ3v) is 6.15. The fourth-order valence-electron chi connectivity index (χ4n) is 3.83. The molecule has 0 bridgehead atoms. The van der Waals surface area contributed by atoms with Crippen molar-refractivity contribution in [1.82, 2.24) is 20.3 Å². The predicted molar refractivity (Wildman–Crippen MR) is 138 cm³/mol. The number of anilines is 2. The maximum Gasteiger partial charge on any atom is 0.251 e. The topological polar surface area (TPSA) is 126 Å². The minimum atomic E-state index is -3.33. The van der Waals surface area contributed by atoms with E-state index in [-0.39, 0.29) is 11.8 Å². The van der Waals surface area contributed by atoms with Crippen LogP contribution in [0.15, 0.2) is 67.1 Å². The molecule has 180 valence electrons. The van der Waals surface area contributed by atoms with Gasteiger partial charge in [0.05, 0.1) is 23.0 Å². The van der Waals surface area contributed by atoms with Crippen molar-refractivity contribution >= 4 is 38.3 Å². The molecule has 0 aliphatic rings. The molecule has 0 saturated heterocycles. The molecular weight excluding hydrogens is 464 g/mol. The number of benzene rings is 2. The number of aromatic nitrogens is 3. The minimum Gasteiger partial charge on any atom is -0.369 e. The summed E-state index contributed by atoms with van der Waals surface area (Å²) >= 11 is 0. The first kappa shape index (κ1) is 24.1. The van der Waals surface area contributed by atoms with Crippen LogP contribution in [0.4, 0.5) is 11.5 Å². The van der Waals surface area contributed by atoms with Crippen LogP contribution in [0.1, 0.15) is 28.8 Å². The Morgan fingerprint density at radius 2 is 1.80 bits per heavy atom. The normalized spacial score (nSPS) is 12.2. The lowest BCUT2D eigenvalue weighted by atomic mass is 9.96. The van der Waals surface area contributed by atoms with Crippen molar-refractivity contribution in [3.05, 3.63) is 78.2 Å². The van der Waals surface area contributed by atoms with E-state index in [9.17, 15) is 13.2 Å². The van der Waals surface area contributed by atoms with Crippen LogP contribution in [0.5, 0.6) is 0 Å². The van der Waals surface area contributed by atoms with Crippen LogP contribution in [-0.4, -0.2) is 49.1 Å². The average molecular weight is 491 g/mol. The zero-order valence-electron chi connectivity index (χ0n) is 19.6. The molecule has 4 rings (SSSR count). The molecule has 4 aromatic rings. The van der Waals surface area contributed by atoms with Crippen molar-refractivity contribution < 1.29 is 13.2 Å². The first-order chi connectivity index (χ1) is 16.7. The molecule has 0 fully saturated rings. The Morgan fingerprint density at radius 3 is 2.51 bits per heavy atom. The van der Waals surface area contributed by atoms with Gasteiger partial charge in [0.1, 0.15) is 12.1 Å². The van der Waals surface area contributed by atoms with Crippen LogP contribution in [0, 0.1) is 0 Å². The number of rotatable bonds is 8. The molecule has 35 heavy (non-hydrogen) atoms. The largest absolute Gasteiger partial charge is 0.369 e. The summed E-state index contributed by atoms with van der Waals surface area (Å²) in [6, 6.07) is 16.4. The summed E-state index contributed by atoms with van der Waals surface area (Å²) in [5, 5.41) is 6.85. The van der Waals surface area contributed by atoms with Crippen LogP contribution in [0.2, 0.25) is 0 Å². The highest BCUT2D eigenvalue weighted by molar-refractivity contribution is 7.92. The highest BCUT2D eigenvalue weighted by Crippen LogP contribution is 2.27. The molecule has 9 nitrogen and oxygen atoms in total. The second-order valence-electron chi connectivity index (χ2n) is 8.20. The zero-order valence-corrected chi connectivity index (χ0v) is 20.4. The van der Waals surface area contributed by atoms with Gasteiger partial charge in [-0.1, -0.05) is 37.3 Å². The van der Waals surface area contributed by atoms with E-state index < -0.39 is 10.0 Å². The van der Waals surface area contributed by atoms with Gasteiger partial charge in [-0.15, -0.1) is 0 Å². The summed E-state index contributed by atoms with van der Waals surface area (Å²) in [6.45, 7) is 2.68. The number of amides is 1. The Morgan fingerprint density at radius 1 is 1.03 bits per heavy atom. The molecule has 1 amide bonds. The summed E-state index contributed by atoms with van der Waals surface area (Å²) in [5.74, 6) is 0.610. The first-order valence-corrected chi connectivity index (χ1v) is 12.9. The van der Waals surface area contributed by atoms with E-state index in [1.54, 1.807) is 43.6 Å². The number of nitrogens with one attached hydrogen (secondary N) is 3. The molecule has 0 spiro atoms. The Labute approximate surface area is 204 Å². The number of carbonyl (C=O) groups excluding carboxylic acids is 1. The van der Waals surface area contributed by atoms with E-state index in [1.165, 1.54) is 6.33 Å². The Kier molecular flexibility index (Phi) is 6.92. The van der Waals surface area contributed by atoms with Crippen LogP contribution in [0.3, 0.4) is 0 Å². The van der Waals surface area contributed by atoms with Crippen molar-refractivity contribution in [2.45, 2.75) is 12.8 Å². The summed E-state index contributed by atoms with van der Waals surface area (Å²) in [4.78, 5) is 25.5. The summed E-state index contributed by atoms with van der Waals surface area (Å²) in [6.07, 6.45) is 4.25. The zero-order chi connectivity index (χ0) is 25.0. The lowest BCUT2D eigenvalue weighted by Gasteiger charge is -2.16. The number of sulfonamides is 1. The second kappa shape index (κ2) is 10.1. The van der Waals surface area contributed by atoms with Crippen molar-refractivity contribution in [2.24, 2.45) is 0 Å². The van der Waals surface area contributed by atoms with Gasteiger partial charge in [-0.2, -0.15) is 0 Å². The van der Waals surface area contributed by atoms with Gasteiger partial charge in [-0.25, -0.2) is 18.4 Å². The smallest absolute Gasteiger partial charge is 0.251 e. The Hall–Kier alpha value is -4.05. The SMILES string of the molecule is CNC(=O)c1ccnc2c([C@H](C)CNc3cc(-c4ccc(NS(C)(=O)=O)cc4)ncn3)cccc12. The molecular formula is C25H26N6O3S. The van der Waals surface area contributed by atoms with Crippen LogP contribution >= 0.6 is 0 Å². The fraction of sp³-hybridized carbons (Fsp3) is 0.200. The molecule has 0 aliphatic heterocycles. The van der Waals surface area contributed by atoms with Crippen molar-refractivity contribution in [3.63, 3.8) is 0 Å². The molecule has 0 saturated carbocycles. The van der Waals surface area contributed by atoms with Gasteiger partial charge < -0.3 is 10.6 Å². The predicted octanol–water partition coefficient (Wildman–Crippen LogP) is 3.64. The lowest BCUT2D eigenvalue weighted by Crippen LogP contribution is -2.18. The van der Waals surface area contributed by atoms with E-state index in [0.717, 1.165) is 28.3 Å². The maximum atomic E-state index is 12.3. The van der Waals surface area contributed by atoms with Crippen LogP contribution in [0.25, 0.3) is 22.2 Å². The first-order valence-electron chi connectivity index (χ1n) is 11.0. The van der Waals surface area contributed by atoms with Gasteiger partial charge in [0, 0.05) is 48.4 Å². The molecule has 2 heterocycles. The van der Waals surface area contributed by atoms with Crippen molar-refractivity contribution in [2.75, 3.05) is 29.9 Å². The highest BCUT2D eigenvalue weighted by Gasteiger charge is 2.15. The van der Waals surface area contributed by atoms with E-state index in [0.29, 0.717) is 29.3 Å². The van der Waals surface area contributed by atoms with E-state index in [4.69, 9.17) is 0 Å². The summed E-state index contributed by atoms with van der Waals surface area (Å²) < 4.78 is 25.2. The van der Waals surface area contributed by atoms with E-state index in [1.807, 2.05) is 24.3 Å². The maximum absolute atomic E-state index is 12.3. The second-order valence-corrected chi connectivity index (χ2v) is 9.95. The summed E-state index contributed by atoms with van der Waals surface area (Å²) in [7, 11) is -1.72. The highest BCUT2D eigenvalue weighted by atomic mass is 32.2. The van der Waals surface area contributed by atoms with Gasteiger partial charge in [0.2, 0.25) is 10.0 Å². The standard InChI is InChI=1S/C25H26N6O3S/c1-16(19-5-4-6-20-21(25(32)26-2)11-12-27-24(19)20)14-28-23-13-22(29-15-30-23)17-7-9-18(10-8-17)31-35(3,33)34/h4-13,15-16,31H,14H2,1-3H3,(H,26,32)(H,28,29,30)/t16-/m1/s1. The minimum absolute atomic E-state index is 0.0888. The fourth-order valence-corrected chi connectivity index (χ4v) is 4.40. The quantitative estimate of drug-likeness (QED) is 0.344. The molecule has 0 unspecified atom stereocenters. The third-order valence-electron chi connectivity index (χ3n) is 5.55. The van der Waals surface area contributed by atoms with E-state index >= 15 is 0 Å². The molecule has 10 heteroatoms. The molecule has 2 aromatic heterocycles.